The Bertz CT molecular complexity index is 3570. The summed E-state index contributed by atoms with van der Waals surface area (Å²) in [4.78, 5) is 5.04. The number of para-hydroxylation sites is 4. The number of rotatable bonds is 8. The van der Waals surface area contributed by atoms with Gasteiger partial charge in [0.1, 0.15) is 0 Å². The first-order valence-electron chi connectivity index (χ1n) is 26.0. The summed E-state index contributed by atoms with van der Waals surface area (Å²) in [7, 11) is 0. The van der Waals surface area contributed by atoms with Crippen molar-refractivity contribution in [3.8, 4) is 33.4 Å². The average molecular weight is 935 g/mol. The van der Waals surface area contributed by atoms with Crippen molar-refractivity contribution >= 4 is 65.6 Å². The molecule has 10 aromatic rings. The third kappa shape index (κ3) is 6.72. The maximum Gasteiger partial charge on any atom is 0.0543 e. The number of anilines is 6. The smallest absolute Gasteiger partial charge is 0.0543 e. The van der Waals surface area contributed by atoms with Gasteiger partial charge in [-0.25, -0.2) is 0 Å². The van der Waals surface area contributed by atoms with E-state index in [2.05, 4.69) is 243 Å². The number of hydrogen-bond donors (Lipinski definition) is 0. The Balaban J connectivity index is 1.06. The molecule has 5 aliphatic carbocycles. The molecule has 0 aliphatic heterocycles. The van der Waals surface area contributed by atoms with Crippen molar-refractivity contribution in [2.45, 2.75) is 63.7 Å². The van der Waals surface area contributed by atoms with Crippen LogP contribution in [0.25, 0.3) is 53.6 Å². The van der Waals surface area contributed by atoms with Crippen LogP contribution in [-0.2, 0) is 10.8 Å². The van der Waals surface area contributed by atoms with Crippen molar-refractivity contribution in [2.75, 3.05) is 9.80 Å². The molecule has 1 aromatic heterocycles. The molecule has 0 unspecified atom stereocenters. The molecular weight excluding hydrogens is 877 g/mol. The summed E-state index contributed by atoms with van der Waals surface area (Å²) in [5.41, 5.74) is 19.4. The van der Waals surface area contributed by atoms with Crippen molar-refractivity contribution in [1.82, 2.24) is 0 Å². The third-order valence-electron chi connectivity index (χ3n) is 17.2. The van der Waals surface area contributed by atoms with E-state index in [0.717, 1.165) is 28.9 Å². The molecule has 15 rings (SSSR count). The molecule has 4 bridgehead atoms. The largest absolute Gasteiger partial charge is 0.310 e. The minimum absolute atomic E-state index is 0.0451. The molecule has 2 nitrogen and oxygen atoms in total. The minimum Gasteiger partial charge on any atom is -0.310 e. The fourth-order valence-electron chi connectivity index (χ4n) is 14.4. The van der Waals surface area contributed by atoms with Gasteiger partial charge in [-0.2, -0.15) is 0 Å². The van der Waals surface area contributed by atoms with Crippen LogP contribution in [-0.4, -0.2) is 0 Å². The molecule has 0 radical (unpaired) electrons. The standard InChI is InChI=1S/C68H58N2S/c1-67(2,3)47-32-30-46(31-33-47)57-43-61-59(42-58(57)54-24-13-15-27-62(54)70(52-22-11-6-12-23-52)53-34-35-56-55-25-14-16-29-64(55)71-65(56)41-53)66-60(68(61)48-37-44-36-45(39-48)40-49(68)38-44)26-17-28-63(66)69(50-18-7-4-8-19-50)51-20-9-5-10-21-51/h4-35,41-45,48-49H,36-40H2,1-3H3. The molecule has 9 aromatic carbocycles. The number of fused-ring (bicyclic) bond motifs is 6. The van der Waals surface area contributed by atoms with E-state index in [9.17, 15) is 0 Å². The lowest BCUT2D eigenvalue weighted by atomic mass is 9.43. The highest BCUT2D eigenvalue weighted by atomic mass is 32.1. The van der Waals surface area contributed by atoms with Crippen molar-refractivity contribution in [1.29, 1.82) is 0 Å². The second-order valence-corrected chi connectivity index (χ2v) is 23.2. The summed E-state index contributed by atoms with van der Waals surface area (Å²) in [6.45, 7) is 6.98. The fourth-order valence-corrected chi connectivity index (χ4v) is 15.5. The predicted molar refractivity (Wildman–Crippen MR) is 302 cm³/mol. The maximum absolute atomic E-state index is 2.73. The van der Waals surface area contributed by atoms with Crippen LogP contribution in [0.1, 0.15) is 69.6 Å². The Kier molecular flexibility index (Phi) is 9.88. The van der Waals surface area contributed by atoms with Gasteiger partial charge in [-0.05, 0) is 179 Å². The van der Waals surface area contributed by atoms with Crippen molar-refractivity contribution in [2.24, 2.45) is 23.7 Å². The van der Waals surface area contributed by atoms with E-state index in [-0.39, 0.29) is 10.8 Å². The maximum atomic E-state index is 2.73. The molecule has 3 heteroatoms. The molecule has 1 spiro atoms. The van der Waals surface area contributed by atoms with Crippen LogP contribution in [0.4, 0.5) is 34.1 Å². The van der Waals surface area contributed by atoms with Gasteiger partial charge in [0.15, 0.2) is 0 Å². The Hall–Kier alpha value is -7.20. The minimum atomic E-state index is -0.0545. The van der Waals surface area contributed by atoms with E-state index in [4.69, 9.17) is 0 Å². The van der Waals surface area contributed by atoms with E-state index in [1.807, 2.05) is 11.3 Å². The van der Waals surface area contributed by atoms with E-state index in [0.29, 0.717) is 11.8 Å². The lowest BCUT2D eigenvalue weighted by Gasteiger charge is -2.61. The van der Waals surface area contributed by atoms with Gasteiger partial charge in [0.25, 0.3) is 0 Å². The highest BCUT2D eigenvalue weighted by Crippen LogP contribution is 2.71. The normalized spacial score (nSPS) is 20.7. The van der Waals surface area contributed by atoms with Crippen LogP contribution in [0, 0.1) is 23.7 Å². The zero-order valence-corrected chi connectivity index (χ0v) is 41.7. The van der Waals surface area contributed by atoms with Gasteiger partial charge in [0.2, 0.25) is 0 Å². The second-order valence-electron chi connectivity index (χ2n) is 22.1. The van der Waals surface area contributed by atoms with Crippen LogP contribution in [0.15, 0.2) is 212 Å². The van der Waals surface area contributed by atoms with E-state index >= 15 is 0 Å². The summed E-state index contributed by atoms with van der Waals surface area (Å²) >= 11 is 1.88. The topological polar surface area (TPSA) is 6.48 Å². The Morgan fingerprint density at radius 3 is 1.62 bits per heavy atom. The fraction of sp³-hybridized carbons (Fsp3) is 0.206. The van der Waals surface area contributed by atoms with Crippen LogP contribution in [0.2, 0.25) is 0 Å². The van der Waals surface area contributed by atoms with Gasteiger partial charge in [-0.3, -0.25) is 0 Å². The molecule has 71 heavy (non-hydrogen) atoms. The van der Waals surface area contributed by atoms with Gasteiger partial charge in [0, 0.05) is 59.5 Å². The molecule has 0 amide bonds. The molecule has 1 heterocycles. The molecule has 4 fully saturated rings. The molecule has 0 N–H and O–H groups in total. The average Bonchev–Trinajstić information content (AvgIpc) is 3.92. The van der Waals surface area contributed by atoms with Gasteiger partial charge in [0.05, 0.1) is 11.4 Å². The Labute approximate surface area is 422 Å². The van der Waals surface area contributed by atoms with Gasteiger partial charge in [-0.1, -0.05) is 154 Å². The van der Waals surface area contributed by atoms with Crippen LogP contribution in [0.3, 0.4) is 0 Å². The van der Waals surface area contributed by atoms with Gasteiger partial charge < -0.3 is 9.80 Å². The quantitative estimate of drug-likeness (QED) is 0.150. The first kappa shape index (κ1) is 42.7. The van der Waals surface area contributed by atoms with Crippen LogP contribution < -0.4 is 9.80 Å². The monoisotopic (exact) mass is 934 g/mol. The summed E-state index contributed by atoms with van der Waals surface area (Å²) in [6, 6.07) is 80.6. The van der Waals surface area contributed by atoms with Crippen molar-refractivity contribution in [3.63, 3.8) is 0 Å². The number of nitrogens with zero attached hydrogens (tertiary/aromatic N) is 2. The van der Waals surface area contributed by atoms with Gasteiger partial charge in [-0.15, -0.1) is 11.3 Å². The molecule has 0 atom stereocenters. The van der Waals surface area contributed by atoms with Crippen molar-refractivity contribution < 1.29 is 0 Å². The number of hydrogen-bond acceptors (Lipinski definition) is 3. The predicted octanol–water partition coefficient (Wildman–Crippen LogP) is 19.3. The van der Waals surface area contributed by atoms with E-state index in [1.165, 1.54) is 108 Å². The first-order valence-corrected chi connectivity index (χ1v) is 26.8. The Morgan fingerprint density at radius 2 is 0.972 bits per heavy atom. The van der Waals surface area contributed by atoms with Gasteiger partial charge >= 0.3 is 0 Å². The highest BCUT2D eigenvalue weighted by Gasteiger charge is 2.62. The highest BCUT2D eigenvalue weighted by molar-refractivity contribution is 7.25. The number of benzene rings is 9. The summed E-state index contributed by atoms with van der Waals surface area (Å²) < 4.78 is 2.62. The summed E-state index contributed by atoms with van der Waals surface area (Å²) in [5.74, 6) is 2.91. The summed E-state index contributed by atoms with van der Waals surface area (Å²) in [5, 5.41) is 2.63. The number of thiophene rings is 1. The molecule has 5 aliphatic rings. The van der Waals surface area contributed by atoms with Crippen LogP contribution >= 0.6 is 11.3 Å². The first-order chi connectivity index (χ1) is 34.8. The zero-order chi connectivity index (χ0) is 47.4. The SMILES string of the molecule is CC(C)(C)c1ccc(-c2cc3c(cc2-c2ccccc2N(c2ccccc2)c2ccc4c(c2)sc2ccccc24)-c2c(N(c4ccccc4)c4ccccc4)cccc2C32C3CC4CC(C3)CC2C4)cc1. The third-order valence-corrected chi connectivity index (χ3v) is 18.3. The lowest BCUT2D eigenvalue weighted by Crippen LogP contribution is -2.55. The summed E-state index contributed by atoms with van der Waals surface area (Å²) in [6.07, 6.45) is 6.73. The van der Waals surface area contributed by atoms with E-state index < -0.39 is 0 Å². The molecule has 346 valence electrons. The molecule has 4 saturated carbocycles. The Morgan fingerprint density at radius 1 is 0.408 bits per heavy atom. The lowest BCUT2D eigenvalue weighted by molar-refractivity contribution is -0.0399. The molecular formula is C68H58N2S. The van der Waals surface area contributed by atoms with E-state index in [1.54, 1.807) is 11.1 Å². The molecule has 0 saturated heterocycles. The second kappa shape index (κ2) is 16.4. The zero-order valence-electron chi connectivity index (χ0n) is 40.9. The van der Waals surface area contributed by atoms with Crippen molar-refractivity contribution in [3.05, 3.63) is 229 Å². The van der Waals surface area contributed by atoms with Crippen LogP contribution in [0.5, 0.6) is 0 Å².